The highest BCUT2D eigenvalue weighted by Gasteiger charge is 2.41. The molecule has 1 N–H and O–H groups in total. The molecule has 1 aromatic carbocycles. The highest BCUT2D eigenvalue weighted by molar-refractivity contribution is 6.33. The van der Waals surface area contributed by atoms with Crippen molar-refractivity contribution in [3.63, 3.8) is 0 Å². The van der Waals surface area contributed by atoms with Crippen LogP contribution in [0.5, 0.6) is 11.6 Å². The summed E-state index contributed by atoms with van der Waals surface area (Å²) in [5, 5.41) is 10.8. The van der Waals surface area contributed by atoms with Crippen molar-refractivity contribution >= 4 is 34.4 Å². The average molecular weight is 569 g/mol. The lowest BCUT2D eigenvalue weighted by atomic mass is 10.2. The highest BCUT2D eigenvalue weighted by Crippen LogP contribution is 2.41. The van der Waals surface area contributed by atoms with Crippen molar-refractivity contribution in [2.24, 2.45) is 0 Å². The van der Waals surface area contributed by atoms with E-state index >= 15 is 0 Å². The molecule has 3 aromatic heterocycles. The van der Waals surface area contributed by atoms with E-state index in [0.29, 0.717) is 51.8 Å². The van der Waals surface area contributed by atoms with Crippen LogP contribution in [0.4, 0.5) is 0 Å². The van der Waals surface area contributed by atoms with E-state index in [1.54, 1.807) is 12.3 Å². The predicted octanol–water partition coefficient (Wildman–Crippen LogP) is 5.01. The molecule has 2 aliphatic rings. The van der Waals surface area contributed by atoms with Crippen molar-refractivity contribution in [2.45, 2.75) is 50.9 Å². The van der Waals surface area contributed by atoms with Crippen molar-refractivity contribution < 1.29 is 14.6 Å². The van der Waals surface area contributed by atoms with Crippen molar-refractivity contribution in [3.05, 3.63) is 58.6 Å². The number of likely N-dealkylation sites (tertiary alicyclic amines) is 1. The minimum atomic E-state index is -0.217. The molecular weight excluding hydrogens is 539 g/mol. The van der Waals surface area contributed by atoms with Gasteiger partial charge in [0.25, 0.3) is 0 Å². The molecule has 4 heterocycles. The molecule has 0 amide bonds. The van der Waals surface area contributed by atoms with Gasteiger partial charge in [-0.1, -0.05) is 23.2 Å². The topological polar surface area (TPSA) is 98.4 Å². The maximum absolute atomic E-state index is 9.69. The third-order valence-corrected chi connectivity index (χ3v) is 7.76. The van der Waals surface area contributed by atoms with E-state index in [1.165, 1.54) is 6.33 Å². The number of aliphatic hydroxyl groups is 1. The first-order valence-electron chi connectivity index (χ1n) is 13.2. The van der Waals surface area contributed by atoms with Crippen molar-refractivity contribution in [3.8, 4) is 23.0 Å². The van der Waals surface area contributed by atoms with Gasteiger partial charge in [0, 0.05) is 36.4 Å². The molecule has 0 unspecified atom stereocenters. The van der Waals surface area contributed by atoms with Crippen LogP contribution < -0.4 is 9.47 Å². The Morgan fingerprint density at radius 3 is 2.74 bits per heavy atom. The van der Waals surface area contributed by atoms with Crippen molar-refractivity contribution in [1.29, 1.82) is 0 Å². The maximum atomic E-state index is 9.69. The van der Waals surface area contributed by atoms with Gasteiger partial charge < -0.3 is 24.0 Å². The Bertz CT molecular complexity index is 1490. The first-order valence-corrected chi connectivity index (χ1v) is 14.0. The van der Waals surface area contributed by atoms with Crippen LogP contribution in [0.15, 0.2) is 42.9 Å². The number of nitrogens with zero attached hydrogens (tertiary/aromatic N) is 6. The number of benzene rings is 1. The number of halogens is 2. The molecular formula is C28H30Cl2N6O3. The summed E-state index contributed by atoms with van der Waals surface area (Å²) in [5.41, 5.74) is 2.49. The Kier molecular flexibility index (Phi) is 7.33. The Morgan fingerprint density at radius 2 is 2.00 bits per heavy atom. The van der Waals surface area contributed by atoms with Crippen LogP contribution in [0.25, 0.3) is 22.6 Å². The van der Waals surface area contributed by atoms with Crippen LogP contribution >= 0.6 is 23.2 Å². The van der Waals surface area contributed by atoms with Gasteiger partial charge >= 0.3 is 0 Å². The van der Waals surface area contributed by atoms with Gasteiger partial charge in [0.15, 0.2) is 11.2 Å². The molecule has 0 radical (unpaired) electrons. The third-order valence-electron chi connectivity index (χ3n) is 7.21. The SMILES string of the molecule is CC1(Oc2ncnc3c2nc(-c2ccc(OCCCN4CC[C@@H](O)C4)cc2Cl)n3Cc2cc(Cl)ccn2)CC1. The summed E-state index contributed by atoms with van der Waals surface area (Å²) >= 11 is 13.1. The summed E-state index contributed by atoms with van der Waals surface area (Å²) in [7, 11) is 0. The molecule has 1 aliphatic heterocycles. The van der Waals surface area contributed by atoms with E-state index in [0.717, 1.165) is 56.6 Å². The summed E-state index contributed by atoms with van der Waals surface area (Å²) in [6.45, 7) is 5.59. The van der Waals surface area contributed by atoms with E-state index in [1.807, 2.05) is 28.8 Å². The van der Waals surface area contributed by atoms with Crippen molar-refractivity contribution in [2.75, 3.05) is 26.2 Å². The molecule has 2 fully saturated rings. The molecule has 0 spiro atoms. The number of rotatable bonds is 10. The lowest BCUT2D eigenvalue weighted by Crippen LogP contribution is -2.24. The zero-order valence-electron chi connectivity index (χ0n) is 21.7. The number of aliphatic hydroxyl groups excluding tert-OH is 1. The second kappa shape index (κ2) is 10.9. The molecule has 6 rings (SSSR count). The predicted molar refractivity (Wildman–Crippen MR) is 150 cm³/mol. The van der Waals surface area contributed by atoms with Crippen molar-refractivity contribution in [1.82, 2.24) is 29.4 Å². The zero-order valence-corrected chi connectivity index (χ0v) is 23.2. The molecule has 1 saturated carbocycles. The fraction of sp³-hybridized carbons (Fsp3) is 0.429. The van der Waals surface area contributed by atoms with Crippen LogP contribution in [0, 0.1) is 0 Å². The summed E-state index contributed by atoms with van der Waals surface area (Å²) in [6.07, 6.45) is 6.64. The van der Waals surface area contributed by atoms with Gasteiger partial charge in [0.2, 0.25) is 5.88 Å². The zero-order chi connectivity index (χ0) is 27.0. The van der Waals surface area contributed by atoms with E-state index in [-0.39, 0.29) is 11.7 Å². The Morgan fingerprint density at radius 1 is 1.13 bits per heavy atom. The van der Waals surface area contributed by atoms with E-state index < -0.39 is 0 Å². The van der Waals surface area contributed by atoms with Gasteiger partial charge in [-0.15, -0.1) is 0 Å². The number of hydrogen-bond acceptors (Lipinski definition) is 8. The van der Waals surface area contributed by atoms with Crippen LogP contribution in [-0.2, 0) is 6.54 Å². The van der Waals surface area contributed by atoms with Gasteiger partial charge in [-0.05, 0) is 62.9 Å². The number of ether oxygens (including phenoxy) is 2. The largest absolute Gasteiger partial charge is 0.493 e. The van der Waals surface area contributed by atoms with E-state index in [2.05, 4.69) is 26.8 Å². The number of β-amino-alcohol motifs (C(OH)–C–C–N with tert-alkyl or cyclic N) is 1. The molecule has 1 aliphatic carbocycles. The second-order valence-electron chi connectivity index (χ2n) is 10.5. The minimum absolute atomic E-state index is 0.207. The summed E-state index contributed by atoms with van der Waals surface area (Å²) in [5.74, 6) is 1.78. The fourth-order valence-electron chi connectivity index (χ4n) is 4.82. The number of aromatic nitrogens is 5. The van der Waals surface area contributed by atoms with Gasteiger partial charge in [-0.25, -0.2) is 9.97 Å². The standard InChI is InChI=1S/C28H30Cl2N6O3/c1-28(7-8-28)39-27-24-26(32-17-33-27)36(15-19-13-18(29)5-9-31-19)25(34-24)22-4-3-21(14-23(22)30)38-12-2-10-35-11-6-20(37)16-35/h3-5,9,13-14,17,20,37H,2,6-8,10-12,15-16H2,1H3/t20-/m1/s1. The Hall–Kier alpha value is -2.98. The summed E-state index contributed by atoms with van der Waals surface area (Å²) in [6, 6.07) is 9.19. The number of fused-ring (bicyclic) bond motifs is 1. The molecule has 0 bridgehead atoms. The smallest absolute Gasteiger partial charge is 0.245 e. The van der Waals surface area contributed by atoms with Crippen LogP contribution in [-0.4, -0.2) is 72.5 Å². The lowest BCUT2D eigenvalue weighted by molar-refractivity contribution is 0.173. The van der Waals surface area contributed by atoms with Gasteiger partial charge in [-0.3, -0.25) is 4.98 Å². The number of imidazole rings is 1. The highest BCUT2D eigenvalue weighted by atomic mass is 35.5. The molecule has 11 heteroatoms. The maximum Gasteiger partial charge on any atom is 0.245 e. The van der Waals surface area contributed by atoms with Crippen LogP contribution in [0.3, 0.4) is 0 Å². The number of pyridine rings is 1. The monoisotopic (exact) mass is 568 g/mol. The molecule has 1 saturated heterocycles. The first-order chi connectivity index (χ1) is 18.9. The molecule has 4 aromatic rings. The van der Waals surface area contributed by atoms with E-state index in [4.69, 9.17) is 37.7 Å². The Labute approximate surface area is 236 Å². The average Bonchev–Trinajstić information content (AvgIpc) is 3.31. The molecule has 204 valence electrons. The summed E-state index contributed by atoms with van der Waals surface area (Å²) < 4.78 is 14.2. The molecule has 1 atom stereocenters. The number of hydrogen-bond donors (Lipinski definition) is 1. The van der Waals surface area contributed by atoms with Gasteiger partial charge in [0.1, 0.15) is 23.5 Å². The minimum Gasteiger partial charge on any atom is -0.493 e. The Balaban J connectivity index is 1.28. The second-order valence-corrected chi connectivity index (χ2v) is 11.3. The first kappa shape index (κ1) is 26.3. The lowest BCUT2D eigenvalue weighted by Gasteiger charge is -2.15. The van der Waals surface area contributed by atoms with Gasteiger partial charge in [-0.2, -0.15) is 4.98 Å². The normalized spacial score (nSPS) is 18.5. The molecule has 39 heavy (non-hydrogen) atoms. The van der Waals surface area contributed by atoms with Crippen LogP contribution in [0.2, 0.25) is 10.0 Å². The fourth-order valence-corrected chi connectivity index (χ4v) is 5.25. The van der Waals surface area contributed by atoms with Gasteiger partial charge in [0.05, 0.1) is 30.0 Å². The molecule has 9 nitrogen and oxygen atoms in total. The quantitative estimate of drug-likeness (QED) is 0.266. The summed E-state index contributed by atoms with van der Waals surface area (Å²) in [4.78, 5) is 20.6. The van der Waals surface area contributed by atoms with Crippen LogP contribution in [0.1, 0.15) is 38.3 Å². The third kappa shape index (κ3) is 5.96. The van der Waals surface area contributed by atoms with E-state index in [9.17, 15) is 5.11 Å².